The summed E-state index contributed by atoms with van der Waals surface area (Å²) in [5.41, 5.74) is 0.804. The van der Waals surface area contributed by atoms with Gasteiger partial charge < -0.3 is 10.6 Å². The van der Waals surface area contributed by atoms with Gasteiger partial charge in [-0.25, -0.2) is 4.39 Å². The van der Waals surface area contributed by atoms with Crippen LogP contribution in [-0.4, -0.2) is 19.0 Å². The largest absolute Gasteiger partial charge is 0.350 e. The molecule has 0 unspecified atom stereocenters. The Hall–Kier alpha value is -1.42. The molecule has 2 N–H and O–H groups in total. The first-order valence-corrected chi connectivity index (χ1v) is 6.90. The van der Waals surface area contributed by atoms with E-state index in [1.807, 2.05) is 13.0 Å². The Labute approximate surface area is 113 Å². The van der Waals surface area contributed by atoms with Crippen LogP contribution in [0.3, 0.4) is 0 Å². The maximum atomic E-state index is 13.1. The van der Waals surface area contributed by atoms with Crippen LogP contribution < -0.4 is 10.6 Å². The molecule has 1 heterocycles. The van der Waals surface area contributed by atoms with Gasteiger partial charge in [0.1, 0.15) is 5.82 Å². The second kappa shape index (κ2) is 6.66. The third-order valence-corrected chi connectivity index (χ3v) is 3.66. The summed E-state index contributed by atoms with van der Waals surface area (Å²) in [4.78, 5) is 12.0. The number of carbonyl (C=O) groups excluding carboxylic acids is 1. The highest BCUT2D eigenvalue weighted by Gasteiger charge is 2.18. The summed E-state index contributed by atoms with van der Waals surface area (Å²) in [7, 11) is 0. The van der Waals surface area contributed by atoms with Crippen molar-refractivity contribution in [2.75, 3.05) is 13.1 Å². The van der Waals surface area contributed by atoms with E-state index in [1.165, 1.54) is 12.1 Å². The van der Waals surface area contributed by atoms with Gasteiger partial charge in [-0.05, 0) is 56.5 Å². The maximum Gasteiger partial charge on any atom is 0.220 e. The summed E-state index contributed by atoms with van der Waals surface area (Å²) < 4.78 is 13.1. The van der Waals surface area contributed by atoms with Crippen LogP contribution in [0.4, 0.5) is 4.39 Å². The quantitative estimate of drug-likeness (QED) is 0.876. The van der Waals surface area contributed by atoms with Gasteiger partial charge in [-0.2, -0.15) is 0 Å². The fraction of sp³-hybridized carbons (Fsp3) is 0.533. The zero-order chi connectivity index (χ0) is 13.7. The Bertz CT molecular complexity index is 430. The van der Waals surface area contributed by atoms with Crippen LogP contribution in [0.5, 0.6) is 0 Å². The molecule has 104 valence electrons. The molecule has 0 aliphatic carbocycles. The van der Waals surface area contributed by atoms with Crippen molar-refractivity contribution in [1.29, 1.82) is 0 Å². The molecule has 0 bridgehead atoms. The highest BCUT2D eigenvalue weighted by atomic mass is 19.1. The minimum atomic E-state index is -0.267. The predicted molar refractivity (Wildman–Crippen MR) is 73.2 cm³/mol. The smallest absolute Gasteiger partial charge is 0.220 e. The lowest BCUT2D eigenvalue weighted by molar-refractivity contribution is -0.122. The number of halogens is 1. The van der Waals surface area contributed by atoms with E-state index >= 15 is 0 Å². The number of rotatable bonds is 4. The molecule has 1 saturated heterocycles. The van der Waals surface area contributed by atoms with Crippen molar-refractivity contribution in [3.8, 4) is 0 Å². The summed E-state index contributed by atoms with van der Waals surface area (Å²) >= 11 is 0. The van der Waals surface area contributed by atoms with Gasteiger partial charge >= 0.3 is 0 Å². The Morgan fingerprint density at radius 2 is 2.21 bits per heavy atom. The predicted octanol–water partition coefficient (Wildman–Crippen LogP) is 2.39. The third-order valence-electron chi connectivity index (χ3n) is 3.66. The lowest BCUT2D eigenvalue weighted by Gasteiger charge is -2.23. The van der Waals surface area contributed by atoms with E-state index in [2.05, 4.69) is 10.6 Å². The fourth-order valence-electron chi connectivity index (χ4n) is 2.51. The standard InChI is InChI=1S/C15H21FN2O/c1-11(13-3-2-4-14(16)10-13)18-15(19)9-12-5-7-17-8-6-12/h2-4,10-12,17H,5-9H2,1H3,(H,18,19)/t11-/m0/s1. The molecular weight excluding hydrogens is 243 g/mol. The molecule has 1 aromatic carbocycles. The molecule has 1 aromatic rings. The Morgan fingerprint density at radius 3 is 2.89 bits per heavy atom. The van der Waals surface area contributed by atoms with Gasteiger partial charge in [-0.3, -0.25) is 4.79 Å². The highest BCUT2D eigenvalue weighted by Crippen LogP contribution is 2.18. The molecule has 0 spiro atoms. The lowest BCUT2D eigenvalue weighted by Crippen LogP contribution is -2.33. The summed E-state index contributed by atoms with van der Waals surface area (Å²) in [5.74, 6) is 0.265. The van der Waals surface area contributed by atoms with Gasteiger partial charge in [0.25, 0.3) is 0 Å². The van der Waals surface area contributed by atoms with E-state index in [0.29, 0.717) is 12.3 Å². The summed E-state index contributed by atoms with van der Waals surface area (Å²) in [6, 6.07) is 6.23. The van der Waals surface area contributed by atoms with Crippen LogP contribution in [0.1, 0.15) is 37.8 Å². The third kappa shape index (κ3) is 4.31. The molecule has 0 radical (unpaired) electrons. The Kier molecular flexibility index (Phi) is 4.91. The maximum absolute atomic E-state index is 13.1. The molecule has 1 fully saturated rings. The van der Waals surface area contributed by atoms with Gasteiger partial charge in [0.15, 0.2) is 0 Å². The van der Waals surface area contributed by atoms with Crippen molar-refractivity contribution in [2.45, 2.75) is 32.2 Å². The molecule has 4 heteroatoms. The molecule has 2 rings (SSSR count). The van der Waals surface area contributed by atoms with E-state index in [1.54, 1.807) is 6.07 Å². The van der Waals surface area contributed by atoms with Crippen LogP contribution in [0.15, 0.2) is 24.3 Å². The molecule has 3 nitrogen and oxygen atoms in total. The van der Waals surface area contributed by atoms with Gasteiger partial charge in [0.05, 0.1) is 6.04 Å². The van der Waals surface area contributed by atoms with Crippen molar-refractivity contribution >= 4 is 5.91 Å². The van der Waals surface area contributed by atoms with Crippen molar-refractivity contribution in [3.63, 3.8) is 0 Å². The first-order chi connectivity index (χ1) is 9.15. The minimum Gasteiger partial charge on any atom is -0.350 e. The lowest BCUT2D eigenvalue weighted by atomic mass is 9.94. The van der Waals surface area contributed by atoms with Crippen molar-refractivity contribution in [2.24, 2.45) is 5.92 Å². The van der Waals surface area contributed by atoms with Crippen molar-refractivity contribution in [1.82, 2.24) is 10.6 Å². The molecule has 0 aromatic heterocycles. The number of benzene rings is 1. The number of hydrogen-bond acceptors (Lipinski definition) is 2. The second-order valence-electron chi connectivity index (χ2n) is 5.24. The van der Waals surface area contributed by atoms with Gasteiger partial charge in [0, 0.05) is 6.42 Å². The Balaban J connectivity index is 1.84. The molecule has 1 aliphatic rings. The van der Waals surface area contributed by atoms with E-state index in [9.17, 15) is 9.18 Å². The number of piperidine rings is 1. The molecule has 1 amide bonds. The molecular formula is C15H21FN2O. The highest BCUT2D eigenvalue weighted by molar-refractivity contribution is 5.76. The average Bonchev–Trinajstić information content (AvgIpc) is 2.39. The SMILES string of the molecule is C[C@H](NC(=O)CC1CCNCC1)c1cccc(F)c1. The van der Waals surface area contributed by atoms with Crippen LogP contribution in [-0.2, 0) is 4.79 Å². The first kappa shape index (κ1) is 14.0. The molecule has 19 heavy (non-hydrogen) atoms. The van der Waals surface area contributed by atoms with Gasteiger partial charge in [0.2, 0.25) is 5.91 Å². The average molecular weight is 264 g/mol. The van der Waals surface area contributed by atoms with E-state index in [4.69, 9.17) is 0 Å². The monoisotopic (exact) mass is 264 g/mol. The van der Waals surface area contributed by atoms with E-state index in [0.717, 1.165) is 31.5 Å². The van der Waals surface area contributed by atoms with Crippen LogP contribution in [0.2, 0.25) is 0 Å². The van der Waals surface area contributed by atoms with Crippen LogP contribution in [0, 0.1) is 11.7 Å². The second-order valence-corrected chi connectivity index (χ2v) is 5.24. The number of amides is 1. The first-order valence-electron chi connectivity index (χ1n) is 6.90. The number of hydrogen-bond donors (Lipinski definition) is 2. The molecule has 0 saturated carbocycles. The Morgan fingerprint density at radius 1 is 1.47 bits per heavy atom. The van der Waals surface area contributed by atoms with Crippen molar-refractivity contribution in [3.05, 3.63) is 35.6 Å². The van der Waals surface area contributed by atoms with Crippen LogP contribution in [0.25, 0.3) is 0 Å². The summed E-state index contributed by atoms with van der Waals surface area (Å²) in [6.45, 7) is 3.88. The van der Waals surface area contributed by atoms with E-state index in [-0.39, 0.29) is 17.8 Å². The number of nitrogens with one attached hydrogen (secondary N) is 2. The summed E-state index contributed by atoms with van der Waals surface area (Å²) in [6.07, 6.45) is 2.69. The minimum absolute atomic E-state index is 0.0589. The normalized spacial score (nSPS) is 18.0. The van der Waals surface area contributed by atoms with Gasteiger partial charge in [-0.1, -0.05) is 12.1 Å². The van der Waals surface area contributed by atoms with Crippen molar-refractivity contribution < 1.29 is 9.18 Å². The zero-order valence-corrected chi connectivity index (χ0v) is 11.3. The summed E-state index contributed by atoms with van der Waals surface area (Å²) in [5, 5.41) is 6.23. The van der Waals surface area contributed by atoms with E-state index < -0.39 is 0 Å². The number of carbonyl (C=O) groups is 1. The topological polar surface area (TPSA) is 41.1 Å². The zero-order valence-electron chi connectivity index (χ0n) is 11.3. The van der Waals surface area contributed by atoms with Crippen LogP contribution >= 0.6 is 0 Å². The molecule has 1 aliphatic heterocycles. The molecule has 1 atom stereocenters. The van der Waals surface area contributed by atoms with Gasteiger partial charge in [-0.15, -0.1) is 0 Å². The fourth-order valence-corrected chi connectivity index (χ4v) is 2.51.